The second-order valence-electron chi connectivity index (χ2n) is 5.82. The van der Waals surface area contributed by atoms with Gasteiger partial charge in [-0.2, -0.15) is 0 Å². The maximum absolute atomic E-state index is 12.2. The number of benzene rings is 2. The van der Waals surface area contributed by atoms with Crippen LogP contribution in [0.5, 0.6) is 5.75 Å². The van der Waals surface area contributed by atoms with Crippen LogP contribution in [0.2, 0.25) is 0 Å². The highest BCUT2D eigenvalue weighted by molar-refractivity contribution is 7.89. The van der Waals surface area contributed by atoms with Crippen LogP contribution in [0.25, 0.3) is 0 Å². The van der Waals surface area contributed by atoms with Gasteiger partial charge in [0, 0.05) is 5.69 Å². The molecule has 1 amide bonds. The van der Waals surface area contributed by atoms with Crippen LogP contribution >= 0.6 is 0 Å². The fourth-order valence-corrected chi connectivity index (χ4v) is 3.54. The summed E-state index contributed by atoms with van der Waals surface area (Å²) in [6.45, 7) is 5.43. The van der Waals surface area contributed by atoms with E-state index in [1.165, 1.54) is 19.2 Å². The Morgan fingerprint density at radius 1 is 1.04 bits per heavy atom. The number of hydrogen-bond acceptors (Lipinski definition) is 4. The molecule has 2 N–H and O–H groups in total. The Bertz CT molecular complexity index is 851. The SMILES string of the molecule is COc1ccc(S(=O)(=O)NCC(=O)Nc2c(C)cc(C)cc2C)cc1. The Kier molecular flexibility index (Phi) is 5.81. The number of aryl methyl sites for hydroxylation is 3. The largest absolute Gasteiger partial charge is 0.497 e. The second kappa shape index (κ2) is 7.67. The van der Waals surface area contributed by atoms with Crippen molar-refractivity contribution in [2.24, 2.45) is 0 Å². The minimum Gasteiger partial charge on any atom is -0.497 e. The van der Waals surface area contributed by atoms with E-state index in [1.807, 2.05) is 32.9 Å². The van der Waals surface area contributed by atoms with Gasteiger partial charge in [-0.05, 0) is 56.2 Å². The van der Waals surface area contributed by atoms with E-state index in [0.717, 1.165) is 16.7 Å². The molecule has 6 nitrogen and oxygen atoms in total. The summed E-state index contributed by atoms with van der Waals surface area (Å²) in [5.74, 6) is 0.133. The van der Waals surface area contributed by atoms with Crippen LogP contribution in [-0.2, 0) is 14.8 Å². The average molecular weight is 362 g/mol. The van der Waals surface area contributed by atoms with Gasteiger partial charge in [-0.1, -0.05) is 17.7 Å². The summed E-state index contributed by atoms with van der Waals surface area (Å²) in [4.78, 5) is 12.2. The second-order valence-corrected chi connectivity index (χ2v) is 7.59. The third-order valence-corrected chi connectivity index (χ3v) is 5.15. The van der Waals surface area contributed by atoms with E-state index in [4.69, 9.17) is 4.74 Å². The van der Waals surface area contributed by atoms with Crippen LogP contribution in [0.15, 0.2) is 41.3 Å². The molecule has 0 fully saturated rings. The highest BCUT2D eigenvalue weighted by Crippen LogP contribution is 2.21. The normalized spacial score (nSPS) is 11.2. The van der Waals surface area contributed by atoms with Gasteiger partial charge in [-0.15, -0.1) is 0 Å². The van der Waals surface area contributed by atoms with Crippen LogP contribution in [0, 0.1) is 20.8 Å². The quantitative estimate of drug-likeness (QED) is 0.827. The van der Waals surface area contributed by atoms with E-state index < -0.39 is 15.9 Å². The number of carbonyl (C=O) groups excluding carboxylic acids is 1. The number of nitrogens with one attached hydrogen (secondary N) is 2. The molecule has 0 saturated carbocycles. The Morgan fingerprint density at radius 2 is 1.60 bits per heavy atom. The summed E-state index contributed by atoms with van der Waals surface area (Å²) in [5.41, 5.74) is 3.68. The van der Waals surface area contributed by atoms with E-state index in [9.17, 15) is 13.2 Å². The van der Waals surface area contributed by atoms with E-state index in [0.29, 0.717) is 11.4 Å². The van der Waals surface area contributed by atoms with Crippen molar-refractivity contribution in [2.45, 2.75) is 25.7 Å². The van der Waals surface area contributed by atoms with Crippen LogP contribution in [0.1, 0.15) is 16.7 Å². The lowest BCUT2D eigenvalue weighted by Gasteiger charge is -2.13. The average Bonchev–Trinajstić information content (AvgIpc) is 2.56. The van der Waals surface area contributed by atoms with Crippen LogP contribution < -0.4 is 14.8 Å². The van der Waals surface area contributed by atoms with Crippen molar-refractivity contribution in [1.82, 2.24) is 4.72 Å². The molecular weight excluding hydrogens is 340 g/mol. The molecule has 0 radical (unpaired) electrons. The fraction of sp³-hybridized carbons (Fsp3) is 0.278. The highest BCUT2D eigenvalue weighted by atomic mass is 32.2. The summed E-state index contributed by atoms with van der Waals surface area (Å²) < 4.78 is 31.8. The van der Waals surface area contributed by atoms with Crippen LogP contribution in [0.4, 0.5) is 5.69 Å². The van der Waals surface area contributed by atoms with Gasteiger partial charge in [0.25, 0.3) is 0 Å². The molecule has 0 spiro atoms. The topological polar surface area (TPSA) is 84.5 Å². The maximum atomic E-state index is 12.2. The van der Waals surface area contributed by atoms with Crippen LogP contribution in [0.3, 0.4) is 0 Å². The highest BCUT2D eigenvalue weighted by Gasteiger charge is 2.16. The van der Waals surface area contributed by atoms with Crippen molar-refractivity contribution in [3.05, 3.63) is 53.1 Å². The molecule has 0 aliphatic rings. The molecule has 2 aromatic rings. The number of rotatable bonds is 6. The van der Waals surface area contributed by atoms with E-state index in [1.54, 1.807) is 12.1 Å². The lowest BCUT2D eigenvalue weighted by atomic mass is 10.1. The zero-order valence-corrected chi connectivity index (χ0v) is 15.5. The predicted molar refractivity (Wildman–Crippen MR) is 97.5 cm³/mol. The lowest BCUT2D eigenvalue weighted by molar-refractivity contribution is -0.115. The Labute approximate surface area is 148 Å². The number of carbonyl (C=O) groups is 1. The minimum atomic E-state index is -3.77. The van der Waals surface area contributed by atoms with Gasteiger partial charge in [0.05, 0.1) is 18.6 Å². The summed E-state index contributed by atoms with van der Waals surface area (Å²) in [7, 11) is -2.26. The molecule has 0 aliphatic carbocycles. The summed E-state index contributed by atoms with van der Waals surface area (Å²) in [6, 6.07) is 9.87. The first kappa shape index (κ1) is 19.0. The zero-order chi connectivity index (χ0) is 18.6. The number of anilines is 1. The first-order valence-electron chi connectivity index (χ1n) is 7.74. The number of amides is 1. The molecule has 0 aliphatic heterocycles. The third-order valence-electron chi connectivity index (χ3n) is 3.73. The van der Waals surface area contributed by atoms with Crippen molar-refractivity contribution in [3.63, 3.8) is 0 Å². The van der Waals surface area contributed by atoms with Gasteiger partial charge in [-0.3, -0.25) is 4.79 Å². The molecule has 25 heavy (non-hydrogen) atoms. The zero-order valence-electron chi connectivity index (χ0n) is 14.7. The lowest BCUT2D eigenvalue weighted by Crippen LogP contribution is -2.33. The van der Waals surface area contributed by atoms with Crippen molar-refractivity contribution in [3.8, 4) is 5.75 Å². The van der Waals surface area contributed by atoms with Crippen molar-refractivity contribution < 1.29 is 17.9 Å². The molecule has 0 atom stereocenters. The van der Waals surface area contributed by atoms with Crippen molar-refractivity contribution >= 4 is 21.6 Å². The van der Waals surface area contributed by atoms with Gasteiger partial charge in [0.15, 0.2) is 0 Å². The summed E-state index contributed by atoms with van der Waals surface area (Å²) in [6.07, 6.45) is 0. The van der Waals surface area contributed by atoms with Gasteiger partial charge < -0.3 is 10.1 Å². The van der Waals surface area contributed by atoms with E-state index in [2.05, 4.69) is 10.0 Å². The van der Waals surface area contributed by atoms with E-state index >= 15 is 0 Å². The molecule has 7 heteroatoms. The Hall–Kier alpha value is -2.38. The number of methoxy groups -OCH3 is 1. The Balaban J connectivity index is 2.04. The molecule has 0 aromatic heterocycles. The third kappa shape index (κ3) is 4.80. The number of ether oxygens (including phenoxy) is 1. The van der Waals surface area contributed by atoms with Gasteiger partial charge in [0.1, 0.15) is 5.75 Å². The maximum Gasteiger partial charge on any atom is 0.241 e. The molecule has 0 unspecified atom stereocenters. The van der Waals surface area contributed by atoms with E-state index in [-0.39, 0.29) is 11.4 Å². The predicted octanol–water partition coefficient (Wildman–Crippen LogP) is 2.54. The standard InChI is InChI=1S/C18H22N2O4S/c1-12-9-13(2)18(14(3)10-12)20-17(21)11-19-25(22,23)16-7-5-15(24-4)6-8-16/h5-10,19H,11H2,1-4H3,(H,20,21). The molecule has 2 aromatic carbocycles. The monoisotopic (exact) mass is 362 g/mol. The Morgan fingerprint density at radius 3 is 2.12 bits per heavy atom. The molecule has 0 bridgehead atoms. The summed E-state index contributed by atoms with van der Waals surface area (Å²) in [5, 5.41) is 2.76. The molecular formula is C18H22N2O4S. The van der Waals surface area contributed by atoms with Crippen molar-refractivity contribution in [2.75, 3.05) is 19.0 Å². The smallest absolute Gasteiger partial charge is 0.241 e. The van der Waals surface area contributed by atoms with Crippen LogP contribution in [-0.4, -0.2) is 28.0 Å². The van der Waals surface area contributed by atoms with Gasteiger partial charge in [-0.25, -0.2) is 13.1 Å². The molecule has 2 rings (SSSR count). The summed E-state index contributed by atoms with van der Waals surface area (Å²) >= 11 is 0. The number of hydrogen-bond donors (Lipinski definition) is 2. The first-order chi connectivity index (χ1) is 11.7. The molecule has 0 heterocycles. The molecule has 134 valence electrons. The van der Waals surface area contributed by atoms with Gasteiger partial charge >= 0.3 is 0 Å². The molecule has 0 saturated heterocycles. The number of sulfonamides is 1. The van der Waals surface area contributed by atoms with Crippen molar-refractivity contribution in [1.29, 1.82) is 0 Å². The fourth-order valence-electron chi connectivity index (χ4n) is 2.56. The van der Waals surface area contributed by atoms with Gasteiger partial charge in [0.2, 0.25) is 15.9 Å². The first-order valence-corrected chi connectivity index (χ1v) is 9.22. The minimum absolute atomic E-state index is 0.0730.